The van der Waals surface area contributed by atoms with E-state index in [9.17, 15) is 18.0 Å². The van der Waals surface area contributed by atoms with Crippen LogP contribution in [-0.4, -0.2) is 44.2 Å². The molecule has 0 N–H and O–H groups in total. The van der Waals surface area contributed by atoms with E-state index < -0.39 is 21.4 Å². The first-order valence-electron chi connectivity index (χ1n) is 9.22. The first-order chi connectivity index (χ1) is 12.4. The third kappa shape index (κ3) is 5.39. The van der Waals surface area contributed by atoms with Gasteiger partial charge in [-0.05, 0) is 42.5 Å². The van der Waals surface area contributed by atoms with E-state index >= 15 is 0 Å². The van der Waals surface area contributed by atoms with Gasteiger partial charge in [-0.15, -0.1) is 0 Å². The molecule has 0 aromatic heterocycles. The third-order valence-electron chi connectivity index (χ3n) is 4.73. The number of carbonyl (C=O) groups is 2. The number of ether oxygens (including phenoxy) is 1. The minimum absolute atomic E-state index is 0.158. The molecule has 1 fully saturated rings. The topological polar surface area (TPSA) is 80.8 Å². The number of piperidine rings is 1. The van der Waals surface area contributed by atoms with Crippen LogP contribution in [0.25, 0.3) is 0 Å². The first kappa shape index (κ1) is 21.6. The summed E-state index contributed by atoms with van der Waals surface area (Å²) in [6.45, 7) is 10.1. The highest BCUT2D eigenvalue weighted by Crippen LogP contribution is 2.26. The summed E-state index contributed by atoms with van der Waals surface area (Å²) in [7, 11) is -3.59. The van der Waals surface area contributed by atoms with Crippen molar-refractivity contribution in [2.45, 2.75) is 45.9 Å². The second-order valence-electron chi connectivity index (χ2n) is 8.54. The van der Waals surface area contributed by atoms with Gasteiger partial charge in [-0.2, -0.15) is 4.31 Å². The SMILES string of the molecule is C[C@@H]1C[C@@H](C)CN(S(=O)(=O)c2ccc(C(=O)OCC(=O)C(C)(C)C)cc2)C1. The van der Waals surface area contributed by atoms with Gasteiger partial charge in [0.1, 0.15) is 0 Å². The van der Waals surface area contributed by atoms with Gasteiger partial charge in [-0.1, -0.05) is 34.6 Å². The molecule has 1 aromatic carbocycles. The molecule has 0 spiro atoms. The molecule has 0 aliphatic carbocycles. The minimum Gasteiger partial charge on any atom is -0.454 e. The van der Waals surface area contributed by atoms with E-state index in [-0.39, 0.29) is 22.8 Å². The smallest absolute Gasteiger partial charge is 0.338 e. The summed E-state index contributed by atoms with van der Waals surface area (Å²) in [5, 5.41) is 0. The molecule has 2 atom stereocenters. The molecule has 0 amide bonds. The molecule has 0 radical (unpaired) electrons. The maximum absolute atomic E-state index is 12.8. The second kappa shape index (κ2) is 8.10. The lowest BCUT2D eigenvalue weighted by molar-refractivity contribution is -0.129. The van der Waals surface area contributed by atoms with Gasteiger partial charge in [0.15, 0.2) is 12.4 Å². The number of hydrogen-bond donors (Lipinski definition) is 0. The van der Waals surface area contributed by atoms with Crippen LogP contribution in [0.4, 0.5) is 0 Å². The molecule has 1 saturated heterocycles. The Kier molecular flexibility index (Phi) is 6.47. The average Bonchev–Trinajstić information content (AvgIpc) is 2.57. The lowest BCUT2D eigenvalue weighted by atomic mass is 9.91. The predicted octanol–water partition coefficient (Wildman–Crippen LogP) is 3.13. The summed E-state index contributed by atoms with van der Waals surface area (Å²) >= 11 is 0. The van der Waals surface area contributed by atoms with Crippen molar-refractivity contribution >= 4 is 21.8 Å². The fraction of sp³-hybridized carbons (Fsp3) is 0.600. The molecule has 27 heavy (non-hydrogen) atoms. The number of hydrogen-bond acceptors (Lipinski definition) is 5. The highest BCUT2D eigenvalue weighted by atomic mass is 32.2. The zero-order valence-corrected chi connectivity index (χ0v) is 17.5. The zero-order valence-electron chi connectivity index (χ0n) is 16.7. The maximum Gasteiger partial charge on any atom is 0.338 e. The van der Waals surface area contributed by atoms with Crippen LogP contribution in [0.2, 0.25) is 0 Å². The average molecular weight is 396 g/mol. The highest BCUT2D eigenvalue weighted by Gasteiger charge is 2.31. The quantitative estimate of drug-likeness (QED) is 0.716. The van der Waals surface area contributed by atoms with Gasteiger partial charge in [0, 0.05) is 18.5 Å². The largest absolute Gasteiger partial charge is 0.454 e. The molecular formula is C20H29NO5S. The Bertz CT molecular complexity index is 783. The zero-order chi connectivity index (χ0) is 20.4. The highest BCUT2D eigenvalue weighted by molar-refractivity contribution is 7.89. The fourth-order valence-corrected chi connectivity index (χ4v) is 4.82. The summed E-state index contributed by atoms with van der Waals surface area (Å²) in [4.78, 5) is 24.1. The van der Waals surface area contributed by atoms with E-state index in [0.29, 0.717) is 24.9 Å². The van der Waals surface area contributed by atoms with Gasteiger partial charge in [0.25, 0.3) is 0 Å². The van der Waals surface area contributed by atoms with Gasteiger partial charge in [-0.3, -0.25) is 4.79 Å². The van der Waals surface area contributed by atoms with Gasteiger partial charge in [-0.25, -0.2) is 13.2 Å². The summed E-state index contributed by atoms with van der Waals surface area (Å²) < 4.78 is 32.3. The van der Waals surface area contributed by atoms with E-state index in [1.165, 1.54) is 28.6 Å². The van der Waals surface area contributed by atoms with Crippen molar-refractivity contribution in [2.75, 3.05) is 19.7 Å². The van der Waals surface area contributed by atoms with Crippen LogP contribution in [0.1, 0.15) is 51.4 Å². The van der Waals surface area contributed by atoms with Crippen molar-refractivity contribution in [3.8, 4) is 0 Å². The van der Waals surface area contributed by atoms with Crippen molar-refractivity contribution < 1.29 is 22.7 Å². The molecule has 0 saturated carbocycles. The fourth-order valence-electron chi connectivity index (χ4n) is 3.14. The number of benzene rings is 1. The molecule has 1 aliphatic heterocycles. The Morgan fingerprint density at radius 3 is 2.07 bits per heavy atom. The van der Waals surface area contributed by atoms with Gasteiger partial charge >= 0.3 is 5.97 Å². The molecule has 150 valence electrons. The van der Waals surface area contributed by atoms with Gasteiger partial charge in [0.05, 0.1) is 10.5 Å². The molecule has 1 aromatic rings. The lowest BCUT2D eigenvalue weighted by Crippen LogP contribution is -2.42. The number of Topliss-reactive ketones (excluding diaryl/α,β-unsaturated/α-hetero) is 1. The number of ketones is 1. The van der Waals surface area contributed by atoms with Crippen molar-refractivity contribution in [3.63, 3.8) is 0 Å². The molecule has 1 aliphatic rings. The minimum atomic E-state index is -3.59. The summed E-state index contributed by atoms with van der Waals surface area (Å²) in [5.41, 5.74) is -0.364. The Morgan fingerprint density at radius 2 is 1.59 bits per heavy atom. The summed E-state index contributed by atoms with van der Waals surface area (Å²) in [6, 6.07) is 5.68. The van der Waals surface area contributed by atoms with Crippen LogP contribution in [0.15, 0.2) is 29.2 Å². The number of nitrogens with zero attached hydrogens (tertiary/aromatic N) is 1. The van der Waals surface area contributed by atoms with Crippen LogP contribution < -0.4 is 0 Å². The molecule has 1 heterocycles. The molecule has 0 unspecified atom stereocenters. The number of carbonyl (C=O) groups excluding carboxylic acids is 2. The van der Waals surface area contributed by atoms with Gasteiger partial charge in [0.2, 0.25) is 10.0 Å². The van der Waals surface area contributed by atoms with Crippen molar-refractivity contribution in [2.24, 2.45) is 17.3 Å². The van der Waals surface area contributed by atoms with Gasteiger partial charge < -0.3 is 4.74 Å². The van der Waals surface area contributed by atoms with Crippen LogP contribution in [0.5, 0.6) is 0 Å². The van der Waals surface area contributed by atoms with E-state index in [2.05, 4.69) is 13.8 Å². The Hall–Kier alpha value is -1.73. The number of rotatable bonds is 5. The molecule has 7 heteroatoms. The number of esters is 1. The Morgan fingerprint density at radius 1 is 1.07 bits per heavy atom. The normalized spacial score (nSPS) is 21.7. The van der Waals surface area contributed by atoms with Crippen molar-refractivity contribution in [3.05, 3.63) is 29.8 Å². The summed E-state index contributed by atoms with van der Waals surface area (Å²) in [6.07, 6.45) is 1.02. The third-order valence-corrected chi connectivity index (χ3v) is 6.58. The van der Waals surface area contributed by atoms with Crippen LogP contribution in [-0.2, 0) is 19.6 Å². The van der Waals surface area contributed by atoms with Crippen LogP contribution >= 0.6 is 0 Å². The maximum atomic E-state index is 12.8. The molecular weight excluding hydrogens is 366 g/mol. The van der Waals surface area contributed by atoms with E-state index in [4.69, 9.17) is 4.74 Å². The second-order valence-corrected chi connectivity index (χ2v) is 10.5. The van der Waals surface area contributed by atoms with Crippen LogP contribution in [0.3, 0.4) is 0 Å². The molecule has 6 nitrogen and oxygen atoms in total. The first-order valence-corrected chi connectivity index (χ1v) is 10.7. The lowest BCUT2D eigenvalue weighted by Gasteiger charge is -2.34. The molecule has 2 rings (SSSR count). The predicted molar refractivity (Wildman–Crippen MR) is 103 cm³/mol. The van der Waals surface area contributed by atoms with E-state index in [1.54, 1.807) is 20.8 Å². The molecule has 0 bridgehead atoms. The van der Waals surface area contributed by atoms with E-state index in [1.807, 2.05) is 0 Å². The van der Waals surface area contributed by atoms with Crippen molar-refractivity contribution in [1.82, 2.24) is 4.31 Å². The van der Waals surface area contributed by atoms with Crippen molar-refractivity contribution in [1.29, 1.82) is 0 Å². The van der Waals surface area contributed by atoms with Crippen LogP contribution in [0, 0.1) is 17.3 Å². The Labute approximate surface area is 161 Å². The number of sulfonamides is 1. The Balaban J connectivity index is 2.08. The monoisotopic (exact) mass is 395 g/mol. The summed E-state index contributed by atoms with van der Waals surface area (Å²) in [5.74, 6) is -0.184. The van der Waals surface area contributed by atoms with E-state index in [0.717, 1.165) is 6.42 Å². The standard InChI is InChI=1S/C20H29NO5S/c1-14-10-15(2)12-21(11-14)27(24,25)17-8-6-16(7-9-17)19(23)26-13-18(22)20(3,4)5/h6-9,14-15H,10-13H2,1-5H3/t14-,15-/m1/s1.